The van der Waals surface area contributed by atoms with Gasteiger partial charge in [0.05, 0.1) is 25.5 Å². The summed E-state index contributed by atoms with van der Waals surface area (Å²) in [6, 6.07) is 8.95. The van der Waals surface area contributed by atoms with Crippen LogP contribution in [0.4, 0.5) is 11.8 Å². The zero-order chi connectivity index (χ0) is 16.8. The number of hydrogen-bond acceptors (Lipinski definition) is 7. The molecule has 0 spiro atoms. The van der Waals surface area contributed by atoms with Gasteiger partial charge in [-0.1, -0.05) is 12.1 Å². The summed E-state index contributed by atoms with van der Waals surface area (Å²) in [7, 11) is 1.67. The van der Waals surface area contributed by atoms with Crippen molar-refractivity contribution < 1.29 is 14.6 Å². The average molecular weight is 330 g/mol. The molecule has 1 aliphatic heterocycles. The Balaban J connectivity index is 1.92. The van der Waals surface area contributed by atoms with Gasteiger partial charge < -0.3 is 24.8 Å². The van der Waals surface area contributed by atoms with Gasteiger partial charge in [0.25, 0.3) is 0 Å². The van der Waals surface area contributed by atoms with E-state index in [9.17, 15) is 5.11 Å². The van der Waals surface area contributed by atoms with Crippen LogP contribution in [0.5, 0.6) is 5.75 Å². The Kier molecular flexibility index (Phi) is 5.45. The van der Waals surface area contributed by atoms with Crippen LogP contribution >= 0.6 is 0 Å². The van der Waals surface area contributed by atoms with Gasteiger partial charge in [-0.2, -0.15) is 4.98 Å². The molecule has 2 aromatic rings. The van der Waals surface area contributed by atoms with Crippen molar-refractivity contribution in [1.82, 2.24) is 9.97 Å². The largest absolute Gasteiger partial charge is 0.508 e. The Morgan fingerprint density at radius 3 is 2.83 bits per heavy atom. The van der Waals surface area contributed by atoms with E-state index in [1.165, 1.54) is 0 Å². The Morgan fingerprint density at radius 1 is 1.25 bits per heavy atom. The standard InChI is InChI=1S/C17H22N4O3/c1-23-8-5-18-16-12-15(13-3-2-4-14(22)11-13)19-17(20-16)21-6-9-24-10-7-21/h2-4,11-12,22H,5-10H2,1H3,(H,18,19,20). The average Bonchev–Trinajstić information content (AvgIpc) is 2.62. The number of nitrogens with one attached hydrogen (secondary N) is 1. The first kappa shape index (κ1) is 16.5. The molecule has 1 fully saturated rings. The third-order valence-corrected chi connectivity index (χ3v) is 3.76. The van der Waals surface area contributed by atoms with Crippen molar-refractivity contribution in [3.05, 3.63) is 30.3 Å². The van der Waals surface area contributed by atoms with Gasteiger partial charge in [-0.15, -0.1) is 0 Å². The van der Waals surface area contributed by atoms with E-state index >= 15 is 0 Å². The maximum absolute atomic E-state index is 9.73. The van der Waals surface area contributed by atoms with E-state index in [0.29, 0.717) is 32.3 Å². The third-order valence-electron chi connectivity index (χ3n) is 3.76. The molecule has 0 saturated carbocycles. The molecule has 3 rings (SSSR count). The highest BCUT2D eigenvalue weighted by molar-refractivity contribution is 5.66. The number of nitrogens with zero attached hydrogens (tertiary/aromatic N) is 3. The lowest BCUT2D eigenvalue weighted by atomic mass is 10.1. The van der Waals surface area contributed by atoms with Crippen LogP contribution in [0, 0.1) is 0 Å². The fourth-order valence-corrected chi connectivity index (χ4v) is 2.52. The Labute approximate surface area is 141 Å². The first-order valence-electron chi connectivity index (χ1n) is 8.00. The number of morpholine rings is 1. The van der Waals surface area contributed by atoms with Gasteiger partial charge in [-0.3, -0.25) is 0 Å². The molecule has 7 nitrogen and oxygen atoms in total. The van der Waals surface area contributed by atoms with Gasteiger partial charge in [0.2, 0.25) is 5.95 Å². The zero-order valence-electron chi connectivity index (χ0n) is 13.7. The molecule has 0 atom stereocenters. The summed E-state index contributed by atoms with van der Waals surface area (Å²) in [5.74, 6) is 1.62. The lowest BCUT2D eigenvalue weighted by molar-refractivity contribution is 0.122. The van der Waals surface area contributed by atoms with Crippen LogP contribution in [0.15, 0.2) is 30.3 Å². The minimum absolute atomic E-state index is 0.216. The lowest BCUT2D eigenvalue weighted by Crippen LogP contribution is -2.37. The van der Waals surface area contributed by atoms with Crippen molar-refractivity contribution in [2.45, 2.75) is 0 Å². The van der Waals surface area contributed by atoms with Crippen molar-refractivity contribution in [3.63, 3.8) is 0 Å². The van der Waals surface area contributed by atoms with E-state index in [1.807, 2.05) is 12.1 Å². The van der Waals surface area contributed by atoms with Crippen molar-refractivity contribution in [1.29, 1.82) is 0 Å². The lowest BCUT2D eigenvalue weighted by Gasteiger charge is -2.27. The zero-order valence-corrected chi connectivity index (χ0v) is 13.7. The number of anilines is 2. The SMILES string of the molecule is COCCNc1cc(-c2cccc(O)c2)nc(N2CCOCC2)n1. The van der Waals surface area contributed by atoms with Crippen molar-refractivity contribution >= 4 is 11.8 Å². The minimum Gasteiger partial charge on any atom is -0.508 e. The van der Waals surface area contributed by atoms with E-state index < -0.39 is 0 Å². The summed E-state index contributed by atoms with van der Waals surface area (Å²) >= 11 is 0. The molecule has 0 bridgehead atoms. The summed E-state index contributed by atoms with van der Waals surface area (Å²) in [6.07, 6.45) is 0. The molecule has 1 aromatic heterocycles. The maximum atomic E-state index is 9.73. The monoisotopic (exact) mass is 330 g/mol. The van der Waals surface area contributed by atoms with E-state index in [2.05, 4.69) is 20.2 Å². The molecule has 1 saturated heterocycles. The molecule has 0 radical (unpaired) electrons. The quantitative estimate of drug-likeness (QED) is 0.781. The summed E-state index contributed by atoms with van der Waals surface area (Å²) in [6.45, 7) is 4.13. The van der Waals surface area contributed by atoms with Gasteiger partial charge in [-0.05, 0) is 12.1 Å². The number of phenols is 1. The Bertz CT molecular complexity index is 675. The van der Waals surface area contributed by atoms with Gasteiger partial charge in [0.1, 0.15) is 11.6 Å². The van der Waals surface area contributed by atoms with Gasteiger partial charge in [0.15, 0.2) is 0 Å². The summed E-state index contributed by atoms with van der Waals surface area (Å²) in [4.78, 5) is 11.4. The second-order valence-electron chi connectivity index (χ2n) is 5.51. The molecule has 2 N–H and O–H groups in total. The number of phenolic OH excluding ortho intramolecular Hbond substituents is 1. The highest BCUT2D eigenvalue weighted by Crippen LogP contribution is 2.25. The van der Waals surface area contributed by atoms with E-state index in [4.69, 9.17) is 9.47 Å². The second-order valence-corrected chi connectivity index (χ2v) is 5.51. The van der Waals surface area contributed by atoms with Crippen LogP contribution in [0.3, 0.4) is 0 Å². The second kappa shape index (κ2) is 7.94. The molecule has 0 aliphatic carbocycles. The molecular weight excluding hydrogens is 308 g/mol. The van der Waals surface area contributed by atoms with Crippen LogP contribution < -0.4 is 10.2 Å². The molecule has 0 amide bonds. The van der Waals surface area contributed by atoms with Gasteiger partial charge in [-0.25, -0.2) is 4.98 Å². The molecule has 0 unspecified atom stereocenters. The molecule has 7 heteroatoms. The number of aromatic nitrogens is 2. The van der Waals surface area contributed by atoms with Crippen LogP contribution in [-0.4, -0.2) is 61.6 Å². The van der Waals surface area contributed by atoms with Crippen LogP contribution in [-0.2, 0) is 9.47 Å². The molecule has 24 heavy (non-hydrogen) atoms. The number of aromatic hydroxyl groups is 1. The fourth-order valence-electron chi connectivity index (χ4n) is 2.52. The van der Waals surface area contributed by atoms with Gasteiger partial charge >= 0.3 is 0 Å². The summed E-state index contributed by atoms with van der Waals surface area (Å²) < 4.78 is 10.5. The number of ether oxygens (including phenoxy) is 2. The smallest absolute Gasteiger partial charge is 0.228 e. The van der Waals surface area contributed by atoms with E-state index in [-0.39, 0.29) is 5.75 Å². The third kappa shape index (κ3) is 4.12. The predicted octanol–water partition coefficient (Wildman–Crippen LogP) is 1.74. The number of hydrogen-bond donors (Lipinski definition) is 2. The summed E-state index contributed by atoms with van der Waals surface area (Å²) in [5, 5.41) is 13.0. The van der Waals surface area contributed by atoms with Crippen molar-refractivity contribution in [2.75, 3.05) is 56.8 Å². The highest BCUT2D eigenvalue weighted by atomic mass is 16.5. The topological polar surface area (TPSA) is 79.7 Å². The minimum atomic E-state index is 0.216. The summed E-state index contributed by atoms with van der Waals surface area (Å²) in [5.41, 5.74) is 1.61. The predicted molar refractivity (Wildman–Crippen MR) is 92.5 cm³/mol. The Hall–Kier alpha value is -2.38. The number of methoxy groups -OCH3 is 1. The fraction of sp³-hybridized carbons (Fsp3) is 0.412. The first-order valence-corrected chi connectivity index (χ1v) is 8.00. The van der Waals surface area contributed by atoms with Crippen LogP contribution in [0.2, 0.25) is 0 Å². The number of benzene rings is 1. The van der Waals surface area contributed by atoms with Crippen LogP contribution in [0.1, 0.15) is 0 Å². The molecular formula is C17H22N4O3. The van der Waals surface area contributed by atoms with E-state index in [0.717, 1.165) is 30.2 Å². The first-order chi connectivity index (χ1) is 11.8. The number of rotatable bonds is 6. The normalized spacial score (nSPS) is 14.6. The molecule has 128 valence electrons. The van der Waals surface area contributed by atoms with E-state index in [1.54, 1.807) is 25.3 Å². The van der Waals surface area contributed by atoms with Crippen molar-refractivity contribution in [3.8, 4) is 17.0 Å². The van der Waals surface area contributed by atoms with Crippen molar-refractivity contribution in [2.24, 2.45) is 0 Å². The highest BCUT2D eigenvalue weighted by Gasteiger charge is 2.16. The van der Waals surface area contributed by atoms with Gasteiger partial charge in [0, 0.05) is 38.4 Å². The molecule has 1 aliphatic rings. The molecule has 2 heterocycles. The Morgan fingerprint density at radius 2 is 2.08 bits per heavy atom. The van der Waals surface area contributed by atoms with Crippen LogP contribution in [0.25, 0.3) is 11.3 Å². The maximum Gasteiger partial charge on any atom is 0.228 e. The molecule has 1 aromatic carbocycles.